The van der Waals surface area contributed by atoms with Crippen LogP contribution >= 0.6 is 0 Å². The van der Waals surface area contributed by atoms with Gasteiger partial charge in [0, 0.05) is 0 Å². The Morgan fingerprint density at radius 1 is 0.765 bits per heavy atom. The zero-order valence-electron chi connectivity index (χ0n) is 12.0. The topological polar surface area (TPSA) is 20.2 Å². The fourth-order valence-corrected chi connectivity index (χ4v) is 1.96. The van der Waals surface area contributed by atoms with Crippen LogP contribution in [0, 0.1) is 0 Å². The molecule has 0 aliphatic heterocycles. The quantitative estimate of drug-likeness (QED) is 0.365. The standard InChI is InChI=1S/C16H32O/c1-3-5-7-8-9-10-11-12-13-15-16(17)14-6-4-2/h8-9,16-17H,3-7,10-15H2,1-2H3. The van der Waals surface area contributed by atoms with Crippen molar-refractivity contribution >= 4 is 0 Å². The summed E-state index contributed by atoms with van der Waals surface area (Å²) in [6.07, 6.45) is 17.8. The van der Waals surface area contributed by atoms with E-state index >= 15 is 0 Å². The van der Waals surface area contributed by atoms with Crippen LogP contribution in [0.5, 0.6) is 0 Å². The highest BCUT2D eigenvalue weighted by atomic mass is 16.3. The van der Waals surface area contributed by atoms with Gasteiger partial charge < -0.3 is 5.11 Å². The number of allylic oxidation sites excluding steroid dienone is 2. The zero-order chi connectivity index (χ0) is 12.8. The molecule has 0 heterocycles. The minimum atomic E-state index is -0.0463. The normalized spacial score (nSPS) is 13.4. The maximum atomic E-state index is 9.67. The van der Waals surface area contributed by atoms with Gasteiger partial charge in [0.2, 0.25) is 0 Å². The van der Waals surface area contributed by atoms with Gasteiger partial charge in [0.25, 0.3) is 0 Å². The van der Waals surface area contributed by atoms with Gasteiger partial charge in [0.15, 0.2) is 0 Å². The Kier molecular flexibility index (Phi) is 13.5. The van der Waals surface area contributed by atoms with Crippen molar-refractivity contribution in [1.29, 1.82) is 0 Å². The van der Waals surface area contributed by atoms with E-state index < -0.39 is 0 Å². The summed E-state index contributed by atoms with van der Waals surface area (Å²) < 4.78 is 0. The first-order valence-corrected chi connectivity index (χ1v) is 7.64. The van der Waals surface area contributed by atoms with E-state index in [0.717, 1.165) is 12.8 Å². The molecule has 17 heavy (non-hydrogen) atoms. The Labute approximate surface area is 108 Å². The van der Waals surface area contributed by atoms with E-state index in [2.05, 4.69) is 26.0 Å². The molecule has 0 spiro atoms. The molecule has 1 atom stereocenters. The van der Waals surface area contributed by atoms with Gasteiger partial charge in [-0.2, -0.15) is 0 Å². The van der Waals surface area contributed by atoms with Crippen molar-refractivity contribution in [3.05, 3.63) is 12.2 Å². The highest BCUT2D eigenvalue weighted by molar-refractivity contribution is 4.81. The van der Waals surface area contributed by atoms with Crippen LogP contribution in [0.1, 0.15) is 84.5 Å². The number of aliphatic hydroxyl groups is 1. The van der Waals surface area contributed by atoms with Crippen molar-refractivity contribution in [2.24, 2.45) is 0 Å². The SMILES string of the molecule is CCCCC=CCCCCCC(O)CCCC. The molecule has 0 bridgehead atoms. The van der Waals surface area contributed by atoms with Crippen molar-refractivity contribution in [3.8, 4) is 0 Å². The van der Waals surface area contributed by atoms with Crippen molar-refractivity contribution in [3.63, 3.8) is 0 Å². The van der Waals surface area contributed by atoms with Crippen LogP contribution < -0.4 is 0 Å². The Balaban J connectivity index is 3.14. The molecule has 0 aliphatic rings. The van der Waals surface area contributed by atoms with Gasteiger partial charge in [-0.1, -0.05) is 64.5 Å². The lowest BCUT2D eigenvalue weighted by Crippen LogP contribution is -2.05. The van der Waals surface area contributed by atoms with Gasteiger partial charge in [-0.05, 0) is 32.1 Å². The van der Waals surface area contributed by atoms with Gasteiger partial charge in [0.05, 0.1) is 6.10 Å². The predicted molar refractivity (Wildman–Crippen MR) is 77.3 cm³/mol. The number of unbranched alkanes of at least 4 members (excludes halogenated alkanes) is 6. The maximum Gasteiger partial charge on any atom is 0.0540 e. The Bertz CT molecular complexity index is 163. The molecule has 102 valence electrons. The molecule has 0 amide bonds. The molecule has 1 heteroatoms. The average molecular weight is 240 g/mol. The first kappa shape index (κ1) is 16.7. The Hall–Kier alpha value is -0.300. The summed E-state index contributed by atoms with van der Waals surface area (Å²) in [5.74, 6) is 0. The molecule has 0 fully saturated rings. The first-order chi connectivity index (χ1) is 8.31. The molecule has 1 N–H and O–H groups in total. The third-order valence-electron chi connectivity index (χ3n) is 3.19. The summed E-state index contributed by atoms with van der Waals surface area (Å²) in [7, 11) is 0. The first-order valence-electron chi connectivity index (χ1n) is 7.64. The molecule has 0 rings (SSSR count). The van der Waals surface area contributed by atoms with E-state index in [9.17, 15) is 5.11 Å². The fourth-order valence-electron chi connectivity index (χ4n) is 1.96. The third-order valence-corrected chi connectivity index (χ3v) is 3.19. The van der Waals surface area contributed by atoms with E-state index in [1.807, 2.05) is 0 Å². The molecule has 0 aromatic carbocycles. The molecule has 0 aromatic heterocycles. The second kappa shape index (κ2) is 13.8. The highest BCUT2D eigenvalue weighted by Crippen LogP contribution is 2.10. The summed E-state index contributed by atoms with van der Waals surface area (Å²) in [4.78, 5) is 0. The minimum Gasteiger partial charge on any atom is -0.393 e. The second-order valence-corrected chi connectivity index (χ2v) is 5.05. The van der Waals surface area contributed by atoms with Gasteiger partial charge in [-0.15, -0.1) is 0 Å². The van der Waals surface area contributed by atoms with E-state index in [1.54, 1.807) is 0 Å². The van der Waals surface area contributed by atoms with Gasteiger partial charge >= 0.3 is 0 Å². The van der Waals surface area contributed by atoms with E-state index in [1.165, 1.54) is 57.8 Å². The molecule has 0 aromatic rings. The predicted octanol–water partition coefficient (Wildman–Crippen LogP) is 5.23. The molecule has 0 saturated heterocycles. The molecular weight excluding hydrogens is 208 g/mol. The van der Waals surface area contributed by atoms with Crippen LogP contribution in [-0.2, 0) is 0 Å². The summed E-state index contributed by atoms with van der Waals surface area (Å²) >= 11 is 0. The van der Waals surface area contributed by atoms with Crippen LogP contribution in [0.4, 0.5) is 0 Å². The zero-order valence-corrected chi connectivity index (χ0v) is 12.0. The molecule has 1 unspecified atom stereocenters. The lowest BCUT2D eigenvalue weighted by molar-refractivity contribution is 0.148. The van der Waals surface area contributed by atoms with Crippen molar-refractivity contribution < 1.29 is 5.11 Å². The van der Waals surface area contributed by atoms with Crippen molar-refractivity contribution in [1.82, 2.24) is 0 Å². The van der Waals surface area contributed by atoms with Crippen LogP contribution in [0.2, 0.25) is 0 Å². The summed E-state index contributed by atoms with van der Waals surface area (Å²) in [6, 6.07) is 0. The lowest BCUT2D eigenvalue weighted by atomic mass is 10.0. The van der Waals surface area contributed by atoms with Crippen LogP contribution in [0.15, 0.2) is 12.2 Å². The second-order valence-electron chi connectivity index (χ2n) is 5.05. The average Bonchev–Trinajstić information content (AvgIpc) is 2.34. The molecule has 1 nitrogen and oxygen atoms in total. The van der Waals surface area contributed by atoms with Crippen molar-refractivity contribution in [2.45, 2.75) is 90.6 Å². The van der Waals surface area contributed by atoms with Crippen molar-refractivity contribution in [2.75, 3.05) is 0 Å². The highest BCUT2D eigenvalue weighted by Gasteiger charge is 2.01. The summed E-state index contributed by atoms with van der Waals surface area (Å²) in [6.45, 7) is 4.41. The number of hydrogen-bond donors (Lipinski definition) is 1. The number of aliphatic hydroxyl groups excluding tert-OH is 1. The smallest absolute Gasteiger partial charge is 0.0540 e. The number of hydrogen-bond acceptors (Lipinski definition) is 1. The lowest BCUT2D eigenvalue weighted by Gasteiger charge is -2.08. The number of rotatable bonds is 12. The monoisotopic (exact) mass is 240 g/mol. The molecule has 0 aliphatic carbocycles. The molecule has 0 radical (unpaired) electrons. The van der Waals surface area contributed by atoms with Gasteiger partial charge in [-0.3, -0.25) is 0 Å². The van der Waals surface area contributed by atoms with Crippen LogP contribution in [-0.4, -0.2) is 11.2 Å². The maximum absolute atomic E-state index is 9.67. The summed E-state index contributed by atoms with van der Waals surface area (Å²) in [5, 5.41) is 9.67. The molecular formula is C16H32O. The van der Waals surface area contributed by atoms with E-state index in [-0.39, 0.29) is 6.10 Å². The van der Waals surface area contributed by atoms with Crippen LogP contribution in [0.3, 0.4) is 0 Å². The van der Waals surface area contributed by atoms with E-state index in [0.29, 0.717) is 0 Å². The van der Waals surface area contributed by atoms with Gasteiger partial charge in [-0.25, -0.2) is 0 Å². The largest absolute Gasteiger partial charge is 0.393 e. The Morgan fingerprint density at radius 2 is 1.35 bits per heavy atom. The van der Waals surface area contributed by atoms with Crippen LogP contribution in [0.25, 0.3) is 0 Å². The fraction of sp³-hybridized carbons (Fsp3) is 0.875. The molecule has 0 saturated carbocycles. The Morgan fingerprint density at radius 3 is 2.00 bits per heavy atom. The summed E-state index contributed by atoms with van der Waals surface area (Å²) in [5.41, 5.74) is 0. The third kappa shape index (κ3) is 13.6. The van der Waals surface area contributed by atoms with Gasteiger partial charge in [0.1, 0.15) is 0 Å². The minimum absolute atomic E-state index is 0.0463. The van der Waals surface area contributed by atoms with E-state index in [4.69, 9.17) is 0 Å².